The lowest BCUT2D eigenvalue weighted by molar-refractivity contribution is 0.0695. The highest BCUT2D eigenvalue weighted by Gasteiger charge is 2.57. The number of anilines is 2. The molecular weight excluding hydrogens is 545 g/mol. The van der Waals surface area contributed by atoms with Gasteiger partial charge in [0.15, 0.2) is 0 Å². The Hall–Kier alpha value is -4.02. The number of pyridine rings is 3. The molecule has 1 aromatic carbocycles. The summed E-state index contributed by atoms with van der Waals surface area (Å²) in [7, 11) is 1.52. The Labute approximate surface area is 232 Å². The van der Waals surface area contributed by atoms with Gasteiger partial charge in [-0.15, -0.1) is 0 Å². The van der Waals surface area contributed by atoms with Crippen LogP contribution in [0.1, 0.15) is 23.2 Å². The van der Waals surface area contributed by atoms with E-state index in [1.807, 2.05) is 6.07 Å². The molecule has 0 unspecified atom stereocenters. The van der Waals surface area contributed by atoms with Crippen molar-refractivity contribution in [1.29, 1.82) is 0 Å². The number of fused-ring (bicyclic) bond motifs is 2. The van der Waals surface area contributed by atoms with Gasteiger partial charge in [-0.05, 0) is 43.0 Å². The van der Waals surface area contributed by atoms with Crippen molar-refractivity contribution in [3.05, 3.63) is 74.6 Å². The van der Waals surface area contributed by atoms with E-state index in [1.165, 1.54) is 25.6 Å². The summed E-state index contributed by atoms with van der Waals surface area (Å²) in [4.78, 5) is 35.6. The van der Waals surface area contributed by atoms with Crippen molar-refractivity contribution < 1.29 is 19.4 Å². The topological polar surface area (TPSA) is 133 Å². The molecule has 2 saturated heterocycles. The Balaban J connectivity index is 1.44. The maximum absolute atomic E-state index is 13.1. The number of nitrogen functional groups attached to an aromatic ring is 1. The van der Waals surface area contributed by atoms with Crippen LogP contribution in [-0.2, 0) is 0 Å². The van der Waals surface area contributed by atoms with Crippen molar-refractivity contribution in [2.75, 3.05) is 30.9 Å². The van der Waals surface area contributed by atoms with Crippen LogP contribution in [-0.4, -0.2) is 51.4 Å². The van der Waals surface area contributed by atoms with Crippen LogP contribution in [0.15, 0.2) is 53.6 Å². The predicted octanol–water partition coefficient (Wildman–Crippen LogP) is 4.42. The van der Waals surface area contributed by atoms with Gasteiger partial charge in [-0.3, -0.25) is 4.79 Å². The van der Waals surface area contributed by atoms with Gasteiger partial charge in [0.1, 0.15) is 23.0 Å². The van der Waals surface area contributed by atoms with Gasteiger partial charge in [-0.1, -0.05) is 23.2 Å². The van der Waals surface area contributed by atoms with E-state index in [9.17, 15) is 14.7 Å². The number of carboxylic acid groups (broad SMARTS) is 1. The lowest BCUT2D eigenvalue weighted by Gasteiger charge is -2.43. The maximum Gasteiger partial charge on any atom is 0.341 e. The number of carboxylic acids is 1. The van der Waals surface area contributed by atoms with Gasteiger partial charge < -0.3 is 29.8 Å². The van der Waals surface area contributed by atoms with Crippen LogP contribution in [0.3, 0.4) is 0 Å². The van der Waals surface area contributed by atoms with Gasteiger partial charge in [0.2, 0.25) is 17.2 Å². The zero-order valence-corrected chi connectivity index (χ0v) is 22.2. The second kappa shape index (κ2) is 9.32. The third-order valence-corrected chi connectivity index (χ3v) is 8.05. The summed E-state index contributed by atoms with van der Waals surface area (Å²) in [6.07, 6.45) is 4.62. The minimum absolute atomic E-state index is 0.184. The second-order valence-corrected chi connectivity index (χ2v) is 10.7. The fourth-order valence-electron chi connectivity index (χ4n) is 5.68. The summed E-state index contributed by atoms with van der Waals surface area (Å²) in [5.74, 6) is 0.0711. The first kappa shape index (κ1) is 25.3. The van der Waals surface area contributed by atoms with Crippen molar-refractivity contribution >= 4 is 51.6 Å². The molecule has 3 N–H and O–H groups in total. The lowest BCUT2D eigenvalue weighted by Crippen LogP contribution is -2.51. The van der Waals surface area contributed by atoms with Crippen LogP contribution >= 0.6 is 23.2 Å². The predicted molar refractivity (Wildman–Crippen MR) is 148 cm³/mol. The monoisotopic (exact) mass is 567 g/mol. The fraction of sp³-hybridized carbons (Fsp3) is 0.259. The zero-order chi connectivity index (χ0) is 27.5. The second-order valence-electron chi connectivity index (χ2n) is 9.85. The van der Waals surface area contributed by atoms with E-state index in [-0.39, 0.29) is 28.2 Å². The SMILES string of the molecule is COc1ccc(Cl)c(OCC23CC(CN2c2cc4c(cc2Cl)c(=O)c(C(=O)O)cn4-c2ccnc(N)c2)C3)n1. The molecule has 0 amide bonds. The van der Waals surface area contributed by atoms with Crippen molar-refractivity contribution in [2.24, 2.45) is 5.92 Å². The standard InChI is InChI=1S/C27H23Cl2N5O5/c1-38-23-3-2-18(28)25(32-23)39-13-27-9-14(10-27)11-34(27)21-8-20-16(7-19(21)29)24(35)17(26(36)37)12-33(20)15-4-5-31-22(30)6-15/h2-8,12,14H,9-11,13H2,1H3,(H2,30,31)(H,36,37). The Morgan fingerprint density at radius 2 is 2.00 bits per heavy atom. The van der Waals surface area contributed by atoms with E-state index in [0.717, 1.165) is 25.1 Å². The molecule has 2 aliphatic heterocycles. The van der Waals surface area contributed by atoms with E-state index >= 15 is 0 Å². The van der Waals surface area contributed by atoms with E-state index in [1.54, 1.807) is 28.8 Å². The molecular formula is C27H23Cl2N5O5. The van der Waals surface area contributed by atoms with Crippen LogP contribution in [0.25, 0.3) is 16.6 Å². The van der Waals surface area contributed by atoms with Crippen LogP contribution in [0, 0.1) is 5.92 Å². The van der Waals surface area contributed by atoms with Crippen molar-refractivity contribution in [3.63, 3.8) is 0 Å². The molecule has 7 rings (SSSR count). The molecule has 3 aromatic heterocycles. The summed E-state index contributed by atoms with van der Waals surface area (Å²) in [5.41, 5.74) is 6.34. The van der Waals surface area contributed by atoms with Gasteiger partial charge in [0.05, 0.1) is 34.6 Å². The maximum atomic E-state index is 13.1. The van der Waals surface area contributed by atoms with E-state index in [2.05, 4.69) is 14.9 Å². The number of nitrogens with zero attached hydrogens (tertiary/aromatic N) is 4. The van der Waals surface area contributed by atoms with Gasteiger partial charge in [0.25, 0.3) is 0 Å². The number of rotatable bonds is 7. The fourth-order valence-corrected chi connectivity index (χ4v) is 6.11. The molecule has 12 heteroatoms. The number of ether oxygens (including phenoxy) is 2. The van der Waals surface area contributed by atoms with Crippen molar-refractivity contribution in [1.82, 2.24) is 14.5 Å². The average molecular weight is 568 g/mol. The van der Waals surface area contributed by atoms with Crippen LogP contribution in [0.2, 0.25) is 10.0 Å². The molecule has 0 radical (unpaired) electrons. The van der Waals surface area contributed by atoms with Crippen LogP contribution in [0.4, 0.5) is 11.5 Å². The number of hydrogen-bond acceptors (Lipinski definition) is 8. The number of benzene rings is 1. The first-order valence-corrected chi connectivity index (χ1v) is 12.9. The molecule has 3 fully saturated rings. The number of nitrogens with two attached hydrogens (primary N) is 1. The molecule has 39 heavy (non-hydrogen) atoms. The van der Waals surface area contributed by atoms with Gasteiger partial charge >= 0.3 is 5.97 Å². The molecule has 1 saturated carbocycles. The number of halogens is 2. The van der Waals surface area contributed by atoms with Crippen molar-refractivity contribution in [3.8, 4) is 17.4 Å². The highest BCUT2D eigenvalue weighted by Crippen LogP contribution is 2.54. The lowest BCUT2D eigenvalue weighted by atomic mass is 9.74. The van der Waals surface area contributed by atoms with Crippen LogP contribution < -0.4 is 25.5 Å². The minimum atomic E-state index is -1.33. The first-order valence-electron chi connectivity index (χ1n) is 12.1. The number of aromatic nitrogens is 3. The van der Waals surface area contributed by atoms with Gasteiger partial charge in [-0.2, -0.15) is 4.98 Å². The number of carbonyl (C=O) groups is 1. The molecule has 1 aliphatic carbocycles. The minimum Gasteiger partial charge on any atom is -0.481 e. The largest absolute Gasteiger partial charge is 0.481 e. The molecule has 0 spiro atoms. The number of aromatic carboxylic acids is 1. The molecule has 5 heterocycles. The van der Waals surface area contributed by atoms with Gasteiger partial charge in [0, 0.05) is 36.5 Å². The van der Waals surface area contributed by atoms with E-state index < -0.39 is 11.4 Å². The quantitative estimate of drug-likeness (QED) is 0.332. The third kappa shape index (κ3) is 4.20. The van der Waals surface area contributed by atoms with Crippen molar-refractivity contribution in [2.45, 2.75) is 18.4 Å². The summed E-state index contributed by atoms with van der Waals surface area (Å²) < 4.78 is 12.9. The van der Waals surface area contributed by atoms with E-state index in [4.69, 9.17) is 38.4 Å². The Bertz CT molecular complexity index is 1700. The average Bonchev–Trinajstić information content (AvgIpc) is 3.44. The summed E-state index contributed by atoms with van der Waals surface area (Å²) in [6, 6.07) is 9.99. The van der Waals surface area contributed by atoms with Gasteiger partial charge in [-0.25, -0.2) is 9.78 Å². The summed E-state index contributed by atoms with van der Waals surface area (Å²) in [5, 5.41) is 10.6. The first-order chi connectivity index (χ1) is 18.7. The summed E-state index contributed by atoms with van der Waals surface area (Å²) >= 11 is 13.1. The summed E-state index contributed by atoms with van der Waals surface area (Å²) in [6.45, 7) is 1.08. The Morgan fingerprint density at radius 3 is 2.72 bits per heavy atom. The smallest absolute Gasteiger partial charge is 0.341 e. The Kier molecular flexibility index (Phi) is 6.04. The van der Waals surface area contributed by atoms with E-state index in [0.29, 0.717) is 39.7 Å². The molecule has 4 aromatic rings. The molecule has 0 atom stereocenters. The molecule has 10 nitrogen and oxygen atoms in total. The molecule has 200 valence electrons. The highest BCUT2D eigenvalue weighted by atomic mass is 35.5. The highest BCUT2D eigenvalue weighted by molar-refractivity contribution is 6.34. The Morgan fingerprint density at radius 1 is 1.21 bits per heavy atom. The number of hydrogen-bond donors (Lipinski definition) is 2. The molecule has 2 bridgehead atoms. The van der Waals surface area contributed by atoms with Crippen LogP contribution in [0.5, 0.6) is 11.8 Å². The molecule has 3 aliphatic rings. The zero-order valence-electron chi connectivity index (χ0n) is 20.7. The third-order valence-electron chi connectivity index (χ3n) is 7.46. The number of methoxy groups -OCH3 is 1. The normalized spacial score (nSPS) is 19.7.